The predicted molar refractivity (Wildman–Crippen MR) is 152 cm³/mol. The molecule has 7 nitrogen and oxygen atoms in total. The van der Waals surface area contributed by atoms with Gasteiger partial charge in [0.2, 0.25) is 0 Å². The molecule has 3 aromatic carbocycles. The summed E-state index contributed by atoms with van der Waals surface area (Å²) in [5, 5.41) is 8.45. The fraction of sp³-hybridized carbons (Fsp3) is 0.267. The molecule has 194 valence electrons. The summed E-state index contributed by atoms with van der Waals surface area (Å²) in [6.07, 6.45) is 6.90. The van der Waals surface area contributed by atoms with Gasteiger partial charge in [-0.2, -0.15) is 9.78 Å². The van der Waals surface area contributed by atoms with E-state index in [1.807, 2.05) is 49.4 Å². The second-order valence-corrected chi connectivity index (χ2v) is 9.95. The van der Waals surface area contributed by atoms with E-state index in [-0.39, 0.29) is 24.0 Å². The van der Waals surface area contributed by atoms with Crippen molar-refractivity contribution in [2.45, 2.75) is 44.9 Å². The first kappa shape index (κ1) is 25.7. The highest BCUT2D eigenvalue weighted by Gasteiger charge is 2.22. The highest BCUT2D eigenvalue weighted by molar-refractivity contribution is 6.30. The first-order valence-electron chi connectivity index (χ1n) is 12.8. The number of hydrogen-bond acceptors (Lipinski definition) is 5. The number of nitrogens with one attached hydrogen (secondary N) is 1. The van der Waals surface area contributed by atoms with Crippen LogP contribution in [0.3, 0.4) is 0 Å². The van der Waals surface area contributed by atoms with Gasteiger partial charge in [-0.25, -0.2) is 4.98 Å². The Morgan fingerprint density at radius 2 is 1.87 bits per heavy atom. The molecule has 1 fully saturated rings. The van der Waals surface area contributed by atoms with Crippen LogP contribution in [0.25, 0.3) is 10.9 Å². The van der Waals surface area contributed by atoms with Gasteiger partial charge < -0.3 is 10.1 Å². The summed E-state index contributed by atoms with van der Waals surface area (Å²) in [7, 11) is 0. The molecular formula is C30H29ClN4O3. The van der Waals surface area contributed by atoms with Gasteiger partial charge in [-0.05, 0) is 61.7 Å². The number of rotatable bonds is 7. The van der Waals surface area contributed by atoms with Crippen molar-refractivity contribution in [3.8, 4) is 5.75 Å². The quantitative estimate of drug-likeness (QED) is 0.285. The molecule has 5 rings (SSSR count). The summed E-state index contributed by atoms with van der Waals surface area (Å²) in [5.41, 5.74) is 2.71. The largest absolute Gasteiger partial charge is 0.483 e. The molecule has 1 amide bonds. The predicted octanol–water partition coefficient (Wildman–Crippen LogP) is 6.31. The normalized spacial score (nSPS) is 14.2. The zero-order valence-electron chi connectivity index (χ0n) is 21.2. The van der Waals surface area contributed by atoms with Gasteiger partial charge in [-0.3, -0.25) is 9.59 Å². The van der Waals surface area contributed by atoms with Crippen LogP contribution in [0.15, 0.2) is 76.6 Å². The van der Waals surface area contributed by atoms with Crippen LogP contribution >= 0.6 is 11.6 Å². The molecule has 8 heteroatoms. The third-order valence-corrected chi connectivity index (χ3v) is 7.05. The van der Waals surface area contributed by atoms with E-state index in [0.717, 1.165) is 36.9 Å². The van der Waals surface area contributed by atoms with E-state index in [1.165, 1.54) is 11.1 Å². The highest BCUT2D eigenvalue weighted by atomic mass is 35.5. The lowest BCUT2D eigenvalue weighted by molar-refractivity contribution is -0.118. The minimum atomic E-state index is -0.285. The molecule has 0 unspecified atom stereocenters. The van der Waals surface area contributed by atoms with Gasteiger partial charge in [-0.1, -0.05) is 61.2 Å². The average molecular weight is 529 g/mol. The Kier molecular flexibility index (Phi) is 7.84. The van der Waals surface area contributed by atoms with Gasteiger partial charge in [0.1, 0.15) is 11.6 Å². The number of carbonyl (C=O) groups is 1. The molecule has 38 heavy (non-hydrogen) atoms. The van der Waals surface area contributed by atoms with E-state index in [9.17, 15) is 9.59 Å². The first-order valence-corrected chi connectivity index (χ1v) is 13.2. The Labute approximate surface area is 226 Å². The molecule has 0 aliphatic heterocycles. The maximum atomic E-state index is 13.5. The zero-order valence-corrected chi connectivity index (χ0v) is 21.9. The Bertz CT molecular complexity index is 1560. The number of nitrogens with zero attached hydrogens (tertiary/aromatic N) is 3. The van der Waals surface area contributed by atoms with Crippen molar-refractivity contribution in [2.24, 2.45) is 5.10 Å². The van der Waals surface area contributed by atoms with Crippen LogP contribution in [-0.4, -0.2) is 28.4 Å². The monoisotopic (exact) mass is 528 g/mol. The summed E-state index contributed by atoms with van der Waals surface area (Å²) in [5.74, 6) is 0.982. The lowest BCUT2D eigenvalue weighted by Gasteiger charge is -2.22. The van der Waals surface area contributed by atoms with E-state index in [2.05, 4.69) is 10.4 Å². The fourth-order valence-corrected chi connectivity index (χ4v) is 4.97. The minimum absolute atomic E-state index is 0.165. The number of hydrogen-bond donors (Lipinski definition) is 1. The topological polar surface area (TPSA) is 85.6 Å². The Balaban J connectivity index is 1.43. The van der Waals surface area contributed by atoms with Crippen LogP contribution in [0, 0.1) is 6.92 Å². The van der Waals surface area contributed by atoms with Gasteiger partial charge >= 0.3 is 0 Å². The van der Waals surface area contributed by atoms with Crippen LogP contribution in [0.2, 0.25) is 5.02 Å². The van der Waals surface area contributed by atoms with E-state index in [1.54, 1.807) is 30.5 Å². The standard InChI is InChI=1S/C30H29ClN4O3/c1-20-9-5-7-13-25(20)33-28(36)19-38-27-16-15-23(31)17-22(27)18-32-35-29(21-10-3-2-4-11-21)34-26-14-8-6-12-24(26)30(35)37/h5-9,12-18,21H,2-4,10-11,19H2,1H3,(H,33,36). The molecule has 1 aromatic heterocycles. The van der Waals surface area contributed by atoms with Crippen molar-refractivity contribution in [3.05, 3.63) is 99.1 Å². The molecule has 1 N–H and O–H groups in total. The fourth-order valence-electron chi connectivity index (χ4n) is 4.79. The number of benzene rings is 3. The first-order chi connectivity index (χ1) is 18.5. The summed E-state index contributed by atoms with van der Waals surface area (Å²) < 4.78 is 7.25. The van der Waals surface area contributed by atoms with Gasteiger partial charge in [0.25, 0.3) is 11.5 Å². The molecule has 4 aromatic rings. The van der Waals surface area contributed by atoms with Gasteiger partial charge in [0, 0.05) is 22.2 Å². The number of halogens is 1. The van der Waals surface area contributed by atoms with E-state index in [0.29, 0.717) is 33.1 Å². The van der Waals surface area contributed by atoms with Crippen molar-refractivity contribution in [2.75, 3.05) is 11.9 Å². The van der Waals surface area contributed by atoms with Crippen molar-refractivity contribution >= 4 is 40.3 Å². The summed E-state index contributed by atoms with van der Waals surface area (Å²) >= 11 is 6.27. The number of amides is 1. The summed E-state index contributed by atoms with van der Waals surface area (Å²) in [4.78, 5) is 30.9. The van der Waals surface area contributed by atoms with Crippen molar-refractivity contribution in [3.63, 3.8) is 0 Å². The number of aromatic nitrogens is 2. The second kappa shape index (κ2) is 11.6. The number of anilines is 1. The maximum absolute atomic E-state index is 13.5. The van der Waals surface area contributed by atoms with E-state index in [4.69, 9.17) is 21.3 Å². The van der Waals surface area contributed by atoms with Gasteiger partial charge in [-0.15, -0.1) is 0 Å². The number of fused-ring (bicyclic) bond motifs is 1. The zero-order chi connectivity index (χ0) is 26.5. The van der Waals surface area contributed by atoms with Crippen LogP contribution < -0.4 is 15.6 Å². The van der Waals surface area contributed by atoms with Crippen molar-refractivity contribution < 1.29 is 9.53 Å². The number of carbonyl (C=O) groups excluding carboxylic acids is 1. The third kappa shape index (κ3) is 5.78. The summed E-state index contributed by atoms with van der Waals surface area (Å²) in [6, 6.07) is 20.0. The molecule has 0 atom stereocenters. The Hall–Kier alpha value is -3.97. The van der Waals surface area contributed by atoms with E-state index >= 15 is 0 Å². The molecule has 0 saturated heterocycles. The molecule has 0 radical (unpaired) electrons. The maximum Gasteiger partial charge on any atom is 0.282 e. The van der Waals surface area contributed by atoms with Crippen LogP contribution in [0.1, 0.15) is 55.0 Å². The third-order valence-electron chi connectivity index (χ3n) is 6.81. The summed E-state index contributed by atoms with van der Waals surface area (Å²) in [6.45, 7) is 1.73. The molecule has 1 heterocycles. The minimum Gasteiger partial charge on any atom is -0.483 e. The number of aryl methyl sites for hydroxylation is 1. The average Bonchev–Trinajstić information content (AvgIpc) is 2.93. The molecule has 1 aliphatic rings. The van der Waals surface area contributed by atoms with Crippen LogP contribution in [-0.2, 0) is 4.79 Å². The number of para-hydroxylation sites is 2. The van der Waals surface area contributed by atoms with Crippen molar-refractivity contribution in [1.82, 2.24) is 9.66 Å². The molecule has 1 aliphatic carbocycles. The molecule has 1 saturated carbocycles. The molecular weight excluding hydrogens is 500 g/mol. The van der Waals surface area contributed by atoms with Crippen molar-refractivity contribution in [1.29, 1.82) is 0 Å². The van der Waals surface area contributed by atoms with Gasteiger partial charge in [0.15, 0.2) is 6.61 Å². The lowest BCUT2D eigenvalue weighted by atomic mass is 9.88. The second-order valence-electron chi connectivity index (χ2n) is 9.52. The number of ether oxygens (including phenoxy) is 1. The van der Waals surface area contributed by atoms with Gasteiger partial charge in [0.05, 0.1) is 17.1 Å². The Morgan fingerprint density at radius 1 is 1.11 bits per heavy atom. The van der Waals surface area contributed by atoms with E-state index < -0.39 is 0 Å². The molecule has 0 bridgehead atoms. The Morgan fingerprint density at radius 3 is 2.68 bits per heavy atom. The van der Waals surface area contributed by atoms with Crippen LogP contribution in [0.5, 0.6) is 5.75 Å². The smallest absolute Gasteiger partial charge is 0.282 e. The van der Waals surface area contributed by atoms with Crippen LogP contribution in [0.4, 0.5) is 5.69 Å². The highest BCUT2D eigenvalue weighted by Crippen LogP contribution is 2.32. The molecule has 0 spiro atoms. The lowest BCUT2D eigenvalue weighted by Crippen LogP contribution is -2.25. The SMILES string of the molecule is Cc1ccccc1NC(=O)COc1ccc(Cl)cc1C=Nn1c(C2CCCCC2)nc2ccccc2c1=O.